The number of hydrogen-bond donors (Lipinski definition) is 3. The van der Waals surface area contributed by atoms with E-state index in [2.05, 4.69) is 34.7 Å². The number of hydrogen-bond acceptors (Lipinski definition) is 4. The van der Waals surface area contributed by atoms with Crippen molar-refractivity contribution >= 4 is 12.1 Å². The van der Waals surface area contributed by atoms with E-state index in [-0.39, 0.29) is 6.09 Å². The third kappa shape index (κ3) is 10.5. The monoisotopic (exact) mass is 369 g/mol. The Morgan fingerprint density at radius 1 is 1.12 bits per heavy atom. The Kier molecular flexibility index (Phi) is 10.4. The summed E-state index contributed by atoms with van der Waals surface area (Å²) in [6.45, 7) is 16.2. The molecule has 0 radical (unpaired) electrons. The number of aliphatic imine (C=N–C) groups is 1. The van der Waals surface area contributed by atoms with Gasteiger partial charge in [-0.25, -0.2) is 4.79 Å². The highest BCUT2D eigenvalue weighted by atomic mass is 16.6. The van der Waals surface area contributed by atoms with Crippen LogP contribution in [0.2, 0.25) is 0 Å². The van der Waals surface area contributed by atoms with Crippen LogP contribution in [0, 0.1) is 5.92 Å². The van der Waals surface area contributed by atoms with Gasteiger partial charge < -0.3 is 25.6 Å². The van der Waals surface area contributed by atoms with E-state index in [1.54, 1.807) is 0 Å². The predicted octanol–water partition coefficient (Wildman–Crippen LogP) is 2.19. The predicted molar refractivity (Wildman–Crippen MR) is 108 cm³/mol. The van der Waals surface area contributed by atoms with Gasteiger partial charge in [0.25, 0.3) is 0 Å². The Morgan fingerprint density at radius 3 is 2.35 bits per heavy atom. The van der Waals surface area contributed by atoms with Crippen LogP contribution in [-0.2, 0) is 4.74 Å². The Labute approximate surface area is 159 Å². The van der Waals surface area contributed by atoms with Crippen LogP contribution in [0.25, 0.3) is 0 Å². The molecule has 1 saturated heterocycles. The van der Waals surface area contributed by atoms with Gasteiger partial charge in [0.05, 0.1) is 0 Å². The van der Waals surface area contributed by atoms with E-state index in [1.807, 2.05) is 20.8 Å². The van der Waals surface area contributed by atoms with E-state index in [1.165, 1.54) is 38.9 Å². The molecule has 1 amide bonds. The zero-order valence-corrected chi connectivity index (χ0v) is 17.4. The second kappa shape index (κ2) is 12.0. The van der Waals surface area contributed by atoms with Crippen LogP contribution in [0.1, 0.15) is 53.9 Å². The van der Waals surface area contributed by atoms with Crippen molar-refractivity contribution in [3.05, 3.63) is 0 Å². The van der Waals surface area contributed by atoms with Crippen molar-refractivity contribution < 1.29 is 9.53 Å². The Morgan fingerprint density at radius 2 is 1.77 bits per heavy atom. The molecule has 0 aliphatic carbocycles. The molecule has 0 saturated carbocycles. The van der Waals surface area contributed by atoms with Crippen LogP contribution >= 0.6 is 0 Å². The third-order valence-electron chi connectivity index (χ3n) is 4.18. The summed E-state index contributed by atoms with van der Waals surface area (Å²) < 4.78 is 5.22. The first-order valence-corrected chi connectivity index (χ1v) is 10.1. The lowest BCUT2D eigenvalue weighted by Crippen LogP contribution is -2.43. The van der Waals surface area contributed by atoms with Crippen LogP contribution in [-0.4, -0.2) is 68.4 Å². The molecule has 1 aliphatic heterocycles. The van der Waals surface area contributed by atoms with Gasteiger partial charge in [-0.1, -0.05) is 6.92 Å². The summed E-state index contributed by atoms with van der Waals surface area (Å²) in [5.74, 6) is 1.48. The number of amides is 1. The lowest BCUT2D eigenvalue weighted by atomic mass is 9.97. The van der Waals surface area contributed by atoms with Gasteiger partial charge in [0.2, 0.25) is 0 Å². The molecule has 0 aromatic heterocycles. The van der Waals surface area contributed by atoms with Crippen molar-refractivity contribution in [3.63, 3.8) is 0 Å². The van der Waals surface area contributed by atoms with Crippen molar-refractivity contribution in [2.24, 2.45) is 10.9 Å². The molecule has 0 aromatic carbocycles. The summed E-state index contributed by atoms with van der Waals surface area (Å²) in [5, 5.41) is 9.27. The quantitative estimate of drug-likeness (QED) is 0.347. The number of nitrogens with zero attached hydrogens (tertiary/aromatic N) is 2. The van der Waals surface area contributed by atoms with E-state index in [0.717, 1.165) is 19.0 Å². The number of guanidine groups is 1. The largest absolute Gasteiger partial charge is 0.444 e. The smallest absolute Gasteiger partial charge is 0.407 e. The van der Waals surface area contributed by atoms with E-state index in [4.69, 9.17) is 9.73 Å². The number of carbonyl (C=O) groups is 1. The first kappa shape index (κ1) is 22.5. The van der Waals surface area contributed by atoms with E-state index >= 15 is 0 Å². The molecule has 0 bridgehead atoms. The lowest BCUT2D eigenvalue weighted by Gasteiger charge is -2.31. The molecule has 1 aliphatic rings. The maximum Gasteiger partial charge on any atom is 0.407 e. The van der Waals surface area contributed by atoms with Crippen molar-refractivity contribution in [1.82, 2.24) is 20.9 Å². The molecule has 7 nitrogen and oxygen atoms in total. The molecule has 7 heteroatoms. The van der Waals surface area contributed by atoms with Gasteiger partial charge in [0, 0.05) is 26.2 Å². The van der Waals surface area contributed by atoms with E-state index < -0.39 is 5.60 Å². The Bertz CT molecular complexity index is 426. The standard InChI is InChI=1S/C19H39N5O2/c1-6-12-24-13-8-16(9-14-24)15-23-17(20-7-2)21-10-11-22-18(25)26-19(3,4)5/h16H,6-15H2,1-5H3,(H,22,25)(H2,20,21,23). The van der Waals surface area contributed by atoms with Gasteiger partial charge in [0.1, 0.15) is 5.60 Å². The minimum atomic E-state index is -0.472. The molecule has 1 fully saturated rings. The number of alkyl carbamates (subject to hydrolysis) is 1. The van der Waals surface area contributed by atoms with Crippen LogP contribution in [0.5, 0.6) is 0 Å². The molecular formula is C19H39N5O2. The maximum absolute atomic E-state index is 11.6. The second-order valence-electron chi connectivity index (χ2n) is 7.86. The number of carbonyl (C=O) groups excluding carboxylic acids is 1. The molecule has 0 atom stereocenters. The fourth-order valence-electron chi connectivity index (χ4n) is 2.93. The fraction of sp³-hybridized carbons (Fsp3) is 0.895. The number of rotatable bonds is 8. The van der Waals surface area contributed by atoms with E-state index in [0.29, 0.717) is 19.0 Å². The summed E-state index contributed by atoms with van der Waals surface area (Å²) in [7, 11) is 0. The highest BCUT2D eigenvalue weighted by Gasteiger charge is 2.18. The normalized spacial score (nSPS) is 17.0. The second-order valence-corrected chi connectivity index (χ2v) is 7.86. The molecule has 152 valence electrons. The third-order valence-corrected chi connectivity index (χ3v) is 4.18. The molecule has 0 spiro atoms. The zero-order valence-electron chi connectivity index (χ0n) is 17.4. The zero-order chi connectivity index (χ0) is 19.4. The van der Waals surface area contributed by atoms with Crippen LogP contribution in [0.4, 0.5) is 4.79 Å². The summed E-state index contributed by atoms with van der Waals surface area (Å²) in [6.07, 6.45) is 3.29. The number of ether oxygens (including phenoxy) is 1. The van der Waals surface area contributed by atoms with Crippen molar-refractivity contribution in [1.29, 1.82) is 0 Å². The average molecular weight is 370 g/mol. The molecule has 1 rings (SSSR count). The molecule has 1 heterocycles. The van der Waals surface area contributed by atoms with E-state index in [9.17, 15) is 4.79 Å². The lowest BCUT2D eigenvalue weighted by molar-refractivity contribution is 0.0529. The fourth-order valence-corrected chi connectivity index (χ4v) is 2.93. The van der Waals surface area contributed by atoms with Gasteiger partial charge >= 0.3 is 6.09 Å². The van der Waals surface area contributed by atoms with Gasteiger partial charge in [-0.3, -0.25) is 4.99 Å². The highest BCUT2D eigenvalue weighted by Crippen LogP contribution is 2.17. The minimum absolute atomic E-state index is 0.389. The molecule has 3 N–H and O–H groups in total. The van der Waals surface area contributed by atoms with Crippen LogP contribution in [0.15, 0.2) is 4.99 Å². The summed E-state index contributed by atoms with van der Waals surface area (Å²) in [5.41, 5.74) is -0.472. The molecule has 0 unspecified atom stereocenters. The highest BCUT2D eigenvalue weighted by molar-refractivity contribution is 5.79. The molecule has 26 heavy (non-hydrogen) atoms. The number of piperidine rings is 1. The average Bonchev–Trinajstić information content (AvgIpc) is 2.56. The van der Waals surface area contributed by atoms with Gasteiger partial charge in [-0.2, -0.15) is 0 Å². The first-order valence-electron chi connectivity index (χ1n) is 10.1. The van der Waals surface area contributed by atoms with Crippen molar-refractivity contribution in [2.75, 3.05) is 45.8 Å². The summed E-state index contributed by atoms with van der Waals surface area (Å²) >= 11 is 0. The van der Waals surface area contributed by atoms with Gasteiger partial charge in [-0.05, 0) is 72.5 Å². The maximum atomic E-state index is 11.6. The Hall–Kier alpha value is -1.50. The van der Waals surface area contributed by atoms with Crippen molar-refractivity contribution in [3.8, 4) is 0 Å². The molecule has 0 aromatic rings. The molecular weight excluding hydrogens is 330 g/mol. The van der Waals surface area contributed by atoms with Crippen molar-refractivity contribution in [2.45, 2.75) is 59.5 Å². The number of likely N-dealkylation sites (tertiary alicyclic amines) is 1. The van der Waals surface area contributed by atoms with Gasteiger partial charge in [0.15, 0.2) is 5.96 Å². The topological polar surface area (TPSA) is 78.0 Å². The summed E-state index contributed by atoms with van der Waals surface area (Å²) in [6, 6.07) is 0. The SMILES string of the molecule is CCCN1CCC(CN=C(NCC)NCCNC(=O)OC(C)(C)C)CC1. The Balaban J connectivity index is 2.28. The van der Waals surface area contributed by atoms with Gasteiger partial charge in [-0.15, -0.1) is 0 Å². The minimum Gasteiger partial charge on any atom is -0.444 e. The van der Waals surface area contributed by atoms with Crippen LogP contribution in [0.3, 0.4) is 0 Å². The number of nitrogens with one attached hydrogen (secondary N) is 3. The first-order chi connectivity index (χ1) is 12.3. The summed E-state index contributed by atoms with van der Waals surface area (Å²) in [4.78, 5) is 18.9. The van der Waals surface area contributed by atoms with Crippen LogP contribution < -0.4 is 16.0 Å².